The lowest BCUT2D eigenvalue weighted by Gasteiger charge is -2.36. The predicted octanol–water partition coefficient (Wildman–Crippen LogP) is 2.46. The van der Waals surface area contributed by atoms with Crippen molar-refractivity contribution in [3.8, 4) is 0 Å². The van der Waals surface area contributed by atoms with E-state index in [0.29, 0.717) is 19.0 Å². The van der Waals surface area contributed by atoms with Crippen molar-refractivity contribution in [1.29, 1.82) is 0 Å². The monoisotopic (exact) mass is 253 g/mol. The molecule has 0 aliphatic rings. The van der Waals surface area contributed by atoms with E-state index in [9.17, 15) is 0 Å². The van der Waals surface area contributed by atoms with Gasteiger partial charge in [0.05, 0.1) is 18.8 Å². The van der Waals surface area contributed by atoms with Crippen LogP contribution in [0.1, 0.15) is 32.3 Å². The molecule has 5 heteroatoms. The highest BCUT2D eigenvalue weighted by Gasteiger charge is 2.37. The molecule has 17 heavy (non-hydrogen) atoms. The number of nitrogens with zero attached hydrogens (tertiary/aromatic N) is 2. The number of hydrogen-bond donors (Lipinski definition) is 1. The van der Waals surface area contributed by atoms with Gasteiger partial charge in [0.25, 0.3) is 0 Å². The fraction of sp³-hybridized carbons (Fsp3) is 0.667. The molecule has 1 heterocycles. The molecular formula is C12H23N3OSi. The van der Waals surface area contributed by atoms with Crippen molar-refractivity contribution in [2.75, 3.05) is 0 Å². The first-order chi connectivity index (χ1) is 7.76. The fourth-order valence-electron chi connectivity index (χ4n) is 1.09. The Morgan fingerprint density at radius 1 is 1.35 bits per heavy atom. The van der Waals surface area contributed by atoms with Crippen molar-refractivity contribution in [2.45, 2.75) is 52.1 Å². The second-order valence-corrected chi connectivity index (χ2v) is 10.5. The van der Waals surface area contributed by atoms with Crippen molar-refractivity contribution in [3.05, 3.63) is 23.8 Å². The van der Waals surface area contributed by atoms with E-state index in [1.807, 2.05) is 6.07 Å². The maximum absolute atomic E-state index is 6.09. The Hall–Kier alpha value is -0.783. The van der Waals surface area contributed by atoms with E-state index in [-0.39, 0.29) is 5.04 Å². The average molecular weight is 253 g/mol. The third kappa shape index (κ3) is 3.87. The third-order valence-corrected chi connectivity index (χ3v) is 7.81. The molecule has 0 fully saturated rings. The molecule has 4 nitrogen and oxygen atoms in total. The number of aromatic nitrogens is 2. The second kappa shape index (κ2) is 5.24. The van der Waals surface area contributed by atoms with E-state index in [2.05, 4.69) is 43.8 Å². The molecule has 1 rings (SSSR count). The molecule has 0 aliphatic carbocycles. The summed E-state index contributed by atoms with van der Waals surface area (Å²) in [5, 5.41) is 0.219. The van der Waals surface area contributed by atoms with Crippen molar-refractivity contribution in [2.24, 2.45) is 5.73 Å². The standard InChI is InChI=1S/C12H23N3OSi/c1-12(2,3)17(4,5)16-9-10-6-7-14-11(8-13)15-10/h6-7H,8-9,13H2,1-5H3. The van der Waals surface area contributed by atoms with Crippen molar-refractivity contribution < 1.29 is 4.43 Å². The maximum atomic E-state index is 6.09. The van der Waals surface area contributed by atoms with Crippen LogP contribution >= 0.6 is 0 Å². The zero-order valence-corrected chi connectivity index (χ0v) is 12.4. The van der Waals surface area contributed by atoms with Crippen molar-refractivity contribution in [3.63, 3.8) is 0 Å². The molecule has 0 bridgehead atoms. The minimum absolute atomic E-state index is 0.219. The van der Waals surface area contributed by atoms with Crippen LogP contribution in [0.4, 0.5) is 0 Å². The summed E-state index contributed by atoms with van der Waals surface area (Å²) in [5.41, 5.74) is 6.42. The van der Waals surface area contributed by atoms with E-state index in [1.54, 1.807) is 6.20 Å². The van der Waals surface area contributed by atoms with Gasteiger partial charge in [-0.2, -0.15) is 0 Å². The molecule has 1 aromatic heterocycles. The minimum atomic E-state index is -1.71. The van der Waals surface area contributed by atoms with Gasteiger partial charge < -0.3 is 10.2 Å². The Morgan fingerprint density at radius 3 is 2.53 bits per heavy atom. The van der Waals surface area contributed by atoms with Crippen LogP contribution in [-0.4, -0.2) is 18.3 Å². The van der Waals surface area contributed by atoms with Gasteiger partial charge in [0.15, 0.2) is 8.32 Å². The van der Waals surface area contributed by atoms with Gasteiger partial charge in [-0.05, 0) is 24.2 Å². The number of hydrogen-bond acceptors (Lipinski definition) is 4. The van der Waals surface area contributed by atoms with Gasteiger partial charge in [0.1, 0.15) is 5.82 Å². The third-order valence-electron chi connectivity index (χ3n) is 3.33. The molecule has 0 spiro atoms. The van der Waals surface area contributed by atoms with Gasteiger partial charge in [0, 0.05) is 6.20 Å². The Kier molecular flexibility index (Phi) is 4.40. The lowest BCUT2D eigenvalue weighted by Crippen LogP contribution is -2.40. The summed E-state index contributed by atoms with van der Waals surface area (Å²) in [6, 6.07) is 1.88. The number of nitrogens with two attached hydrogens (primary N) is 1. The largest absolute Gasteiger partial charge is 0.411 e. The van der Waals surface area contributed by atoms with Crippen molar-refractivity contribution >= 4 is 8.32 Å². The molecule has 0 saturated heterocycles. The van der Waals surface area contributed by atoms with Crippen LogP contribution in [0, 0.1) is 0 Å². The average Bonchev–Trinajstić information content (AvgIpc) is 2.25. The zero-order chi connectivity index (χ0) is 13.1. The smallest absolute Gasteiger partial charge is 0.192 e. The zero-order valence-electron chi connectivity index (χ0n) is 11.4. The molecule has 0 unspecified atom stereocenters. The van der Waals surface area contributed by atoms with E-state index < -0.39 is 8.32 Å². The van der Waals surface area contributed by atoms with Gasteiger partial charge in [-0.1, -0.05) is 20.8 Å². The summed E-state index contributed by atoms with van der Waals surface area (Å²) in [4.78, 5) is 8.41. The number of rotatable bonds is 4. The van der Waals surface area contributed by atoms with Gasteiger partial charge in [-0.3, -0.25) is 0 Å². The normalized spacial score (nSPS) is 12.8. The summed E-state index contributed by atoms with van der Waals surface area (Å²) in [6.07, 6.45) is 1.74. The van der Waals surface area contributed by atoms with Crippen LogP contribution in [0.15, 0.2) is 12.3 Å². The predicted molar refractivity (Wildman–Crippen MR) is 71.9 cm³/mol. The molecule has 0 radical (unpaired) electrons. The fourth-order valence-corrected chi connectivity index (χ4v) is 2.03. The molecule has 0 amide bonds. The molecule has 96 valence electrons. The molecule has 0 atom stereocenters. The lowest BCUT2D eigenvalue weighted by atomic mass is 10.2. The van der Waals surface area contributed by atoms with E-state index >= 15 is 0 Å². The summed E-state index contributed by atoms with van der Waals surface area (Å²) in [5.74, 6) is 0.668. The quantitative estimate of drug-likeness (QED) is 0.837. The molecular weight excluding hydrogens is 230 g/mol. The summed E-state index contributed by atoms with van der Waals surface area (Å²) < 4.78 is 6.09. The van der Waals surface area contributed by atoms with Crippen LogP contribution in [0.2, 0.25) is 18.1 Å². The first-order valence-corrected chi connectivity index (χ1v) is 8.82. The lowest BCUT2D eigenvalue weighted by molar-refractivity contribution is 0.271. The molecule has 0 aromatic carbocycles. The van der Waals surface area contributed by atoms with E-state index in [4.69, 9.17) is 10.2 Å². The second-order valence-electron chi connectivity index (χ2n) is 5.72. The van der Waals surface area contributed by atoms with Gasteiger partial charge in [-0.25, -0.2) is 9.97 Å². The molecule has 0 aliphatic heterocycles. The van der Waals surface area contributed by atoms with Crippen LogP contribution in [0.3, 0.4) is 0 Å². The van der Waals surface area contributed by atoms with Crippen LogP contribution in [0.25, 0.3) is 0 Å². The highest BCUT2D eigenvalue weighted by molar-refractivity contribution is 6.74. The minimum Gasteiger partial charge on any atom is -0.411 e. The first kappa shape index (κ1) is 14.3. The highest BCUT2D eigenvalue weighted by Crippen LogP contribution is 2.36. The Bertz CT molecular complexity index is 374. The maximum Gasteiger partial charge on any atom is 0.192 e. The van der Waals surface area contributed by atoms with Crippen LogP contribution < -0.4 is 5.73 Å². The summed E-state index contributed by atoms with van der Waals surface area (Å²) in [6.45, 7) is 12.1. The molecule has 1 aromatic rings. The Balaban J connectivity index is 2.67. The molecule has 0 saturated carbocycles. The highest BCUT2D eigenvalue weighted by atomic mass is 28.4. The van der Waals surface area contributed by atoms with Gasteiger partial charge in [-0.15, -0.1) is 0 Å². The topological polar surface area (TPSA) is 61.0 Å². The van der Waals surface area contributed by atoms with E-state index in [0.717, 1.165) is 5.69 Å². The van der Waals surface area contributed by atoms with Crippen LogP contribution in [0.5, 0.6) is 0 Å². The summed E-state index contributed by atoms with van der Waals surface area (Å²) in [7, 11) is -1.71. The van der Waals surface area contributed by atoms with Crippen molar-refractivity contribution in [1.82, 2.24) is 9.97 Å². The van der Waals surface area contributed by atoms with Gasteiger partial charge in [0.2, 0.25) is 0 Å². The molecule has 2 N–H and O–H groups in total. The Morgan fingerprint density at radius 2 is 2.00 bits per heavy atom. The summed E-state index contributed by atoms with van der Waals surface area (Å²) >= 11 is 0. The Labute approximate surface area is 105 Å². The SMILES string of the molecule is CC(C)(C)[Si](C)(C)OCc1ccnc(CN)n1. The first-order valence-electron chi connectivity index (χ1n) is 5.91. The van der Waals surface area contributed by atoms with Crippen LogP contribution in [-0.2, 0) is 17.6 Å². The van der Waals surface area contributed by atoms with E-state index in [1.165, 1.54) is 0 Å². The van der Waals surface area contributed by atoms with Gasteiger partial charge >= 0.3 is 0 Å².